The van der Waals surface area contributed by atoms with Gasteiger partial charge in [0.15, 0.2) is 5.78 Å². The lowest BCUT2D eigenvalue weighted by Crippen LogP contribution is -2.31. The van der Waals surface area contributed by atoms with Crippen LogP contribution in [0.3, 0.4) is 0 Å². The van der Waals surface area contributed by atoms with Crippen molar-refractivity contribution in [1.82, 2.24) is 0 Å². The minimum absolute atomic E-state index is 0.173. The van der Waals surface area contributed by atoms with Crippen molar-refractivity contribution in [3.63, 3.8) is 0 Å². The van der Waals surface area contributed by atoms with Crippen LogP contribution in [-0.2, 0) is 9.53 Å². The molecule has 0 saturated heterocycles. The van der Waals surface area contributed by atoms with Gasteiger partial charge in [0, 0.05) is 0 Å². The molecular weight excluding hydrogens is 340 g/mol. The lowest BCUT2D eigenvalue weighted by Gasteiger charge is -2.24. The molecule has 0 radical (unpaired) electrons. The molecule has 132 valence electrons. The summed E-state index contributed by atoms with van der Waals surface area (Å²) in [5, 5.41) is 0.230. The highest BCUT2D eigenvalue weighted by atomic mass is 35.5. The van der Waals surface area contributed by atoms with E-state index in [1.165, 1.54) is 7.11 Å². The van der Waals surface area contributed by atoms with E-state index >= 15 is 0 Å². The summed E-state index contributed by atoms with van der Waals surface area (Å²) in [6.07, 6.45) is 0. The number of carbonyl (C=O) groups is 2. The number of esters is 1. The maximum Gasteiger partial charge on any atom is 0.321 e. The Balaban J connectivity index is 2.53. The van der Waals surface area contributed by atoms with E-state index in [4.69, 9.17) is 21.1 Å². The maximum atomic E-state index is 13.2. The highest BCUT2D eigenvalue weighted by molar-refractivity contribution is 6.35. The van der Waals surface area contributed by atoms with Crippen LogP contribution in [-0.4, -0.2) is 24.5 Å². The third kappa shape index (κ3) is 4.60. The largest absolute Gasteiger partial charge is 0.496 e. The maximum absolute atomic E-state index is 13.2. The number of ketones is 1. The van der Waals surface area contributed by atoms with Crippen LogP contribution in [0, 0.1) is 0 Å². The summed E-state index contributed by atoms with van der Waals surface area (Å²) in [5.74, 6) is -1.87. The average Bonchev–Trinajstić information content (AvgIpc) is 2.53. The van der Waals surface area contributed by atoms with Crippen molar-refractivity contribution < 1.29 is 19.1 Å². The van der Waals surface area contributed by atoms with Crippen molar-refractivity contribution in [3.8, 4) is 5.75 Å². The van der Waals surface area contributed by atoms with Crippen molar-refractivity contribution in [3.05, 3.63) is 64.7 Å². The van der Waals surface area contributed by atoms with Gasteiger partial charge in [0.1, 0.15) is 17.3 Å². The smallest absolute Gasteiger partial charge is 0.321 e. The molecule has 2 aromatic carbocycles. The second-order valence-corrected chi connectivity index (χ2v) is 6.97. The number of rotatable bonds is 5. The second-order valence-electron chi connectivity index (χ2n) is 6.56. The summed E-state index contributed by atoms with van der Waals surface area (Å²) in [6, 6.07) is 13.7. The third-order valence-corrected chi connectivity index (χ3v) is 3.79. The zero-order valence-electron chi connectivity index (χ0n) is 14.7. The van der Waals surface area contributed by atoms with Gasteiger partial charge in [-0.05, 0) is 38.5 Å². The number of Topliss-reactive ketones (excluding diaryl/α,β-unsaturated/α-hetero) is 1. The standard InChI is InChI=1S/C20H21ClO4/c1-20(2,3)25-19(23)16(13-9-6-5-7-10-13)18(22)17-14(21)11-8-12-15(17)24-4/h5-12,16H,1-4H3. The Labute approximate surface area is 152 Å². The predicted molar refractivity (Wildman–Crippen MR) is 97.4 cm³/mol. The number of hydrogen-bond acceptors (Lipinski definition) is 4. The van der Waals surface area contributed by atoms with E-state index in [-0.39, 0.29) is 10.6 Å². The first kappa shape index (κ1) is 19.0. The Morgan fingerprint density at radius 1 is 1.00 bits per heavy atom. The minimum atomic E-state index is -1.12. The summed E-state index contributed by atoms with van der Waals surface area (Å²) in [4.78, 5) is 26.0. The molecule has 0 fully saturated rings. The zero-order chi connectivity index (χ0) is 18.6. The first-order valence-electron chi connectivity index (χ1n) is 7.89. The van der Waals surface area contributed by atoms with Crippen molar-refractivity contribution in [1.29, 1.82) is 0 Å². The molecule has 5 heteroatoms. The Morgan fingerprint density at radius 2 is 1.64 bits per heavy atom. The fraction of sp³-hybridized carbons (Fsp3) is 0.300. The molecule has 2 rings (SSSR count). The molecule has 0 aliphatic carbocycles. The van der Waals surface area contributed by atoms with Crippen molar-refractivity contribution >= 4 is 23.4 Å². The summed E-state index contributed by atoms with van der Waals surface area (Å²) in [7, 11) is 1.45. The molecule has 0 amide bonds. The molecule has 0 saturated carbocycles. The Morgan fingerprint density at radius 3 is 2.20 bits per heavy atom. The van der Waals surface area contributed by atoms with Gasteiger partial charge in [0.05, 0.1) is 17.7 Å². The fourth-order valence-corrected chi connectivity index (χ4v) is 2.72. The Hall–Kier alpha value is -2.33. The Bertz CT molecular complexity index is 763. The Kier molecular flexibility index (Phi) is 5.85. The lowest BCUT2D eigenvalue weighted by molar-refractivity contribution is -0.155. The molecule has 0 spiro atoms. The molecule has 25 heavy (non-hydrogen) atoms. The molecular formula is C20H21ClO4. The van der Waals surface area contributed by atoms with Gasteiger partial charge in [0.25, 0.3) is 0 Å². The first-order valence-corrected chi connectivity index (χ1v) is 8.27. The van der Waals surface area contributed by atoms with Crippen molar-refractivity contribution in [2.45, 2.75) is 32.3 Å². The zero-order valence-corrected chi connectivity index (χ0v) is 15.5. The van der Waals surface area contributed by atoms with E-state index in [0.29, 0.717) is 11.3 Å². The van der Waals surface area contributed by atoms with Gasteiger partial charge in [-0.2, -0.15) is 0 Å². The van der Waals surface area contributed by atoms with Crippen LogP contribution in [0.5, 0.6) is 5.75 Å². The number of carbonyl (C=O) groups excluding carboxylic acids is 2. The van der Waals surface area contributed by atoms with Crippen LogP contribution < -0.4 is 4.74 Å². The summed E-state index contributed by atoms with van der Waals surface area (Å²) < 4.78 is 10.7. The van der Waals surface area contributed by atoms with Crippen molar-refractivity contribution in [2.24, 2.45) is 0 Å². The van der Waals surface area contributed by atoms with E-state index in [0.717, 1.165) is 0 Å². The van der Waals surface area contributed by atoms with Crippen LogP contribution >= 0.6 is 11.6 Å². The molecule has 0 aliphatic rings. The molecule has 2 aromatic rings. The quantitative estimate of drug-likeness (QED) is 0.442. The van der Waals surface area contributed by atoms with Gasteiger partial charge in [-0.25, -0.2) is 0 Å². The van der Waals surface area contributed by atoms with Crippen LogP contribution in [0.2, 0.25) is 5.02 Å². The van der Waals surface area contributed by atoms with Gasteiger partial charge >= 0.3 is 5.97 Å². The number of benzene rings is 2. The average molecular weight is 361 g/mol. The summed E-state index contributed by atoms with van der Waals surface area (Å²) in [5.41, 5.74) is 0.00436. The van der Waals surface area contributed by atoms with Crippen LogP contribution in [0.1, 0.15) is 42.6 Å². The third-order valence-electron chi connectivity index (χ3n) is 3.48. The molecule has 1 unspecified atom stereocenters. The van der Waals surface area contributed by atoms with Crippen LogP contribution in [0.25, 0.3) is 0 Å². The number of methoxy groups -OCH3 is 1. The van der Waals surface area contributed by atoms with Gasteiger partial charge in [-0.15, -0.1) is 0 Å². The number of halogens is 1. The van der Waals surface area contributed by atoms with Gasteiger partial charge in [-0.1, -0.05) is 48.0 Å². The normalized spacial score (nSPS) is 12.4. The van der Waals surface area contributed by atoms with Crippen LogP contribution in [0.4, 0.5) is 0 Å². The van der Waals surface area contributed by atoms with E-state index < -0.39 is 23.3 Å². The fourth-order valence-electron chi connectivity index (χ4n) is 2.46. The molecule has 0 bridgehead atoms. The predicted octanol–water partition coefficient (Wildman–Crippen LogP) is 4.66. The molecule has 0 heterocycles. The first-order chi connectivity index (χ1) is 11.7. The second kappa shape index (κ2) is 7.70. The molecule has 0 N–H and O–H groups in total. The highest BCUT2D eigenvalue weighted by Gasteiger charge is 2.35. The van der Waals surface area contributed by atoms with Crippen LogP contribution in [0.15, 0.2) is 48.5 Å². The topological polar surface area (TPSA) is 52.6 Å². The summed E-state index contributed by atoms with van der Waals surface area (Å²) in [6.45, 7) is 5.27. The van der Waals surface area contributed by atoms with Gasteiger partial charge in [0.2, 0.25) is 0 Å². The summed E-state index contributed by atoms with van der Waals surface area (Å²) >= 11 is 6.22. The molecule has 4 nitrogen and oxygen atoms in total. The molecule has 0 aliphatic heterocycles. The van der Waals surface area contributed by atoms with E-state index in [9.17, 15) is 9.59 Å². The van der Waals surface area contributed by atoms with Gasteiger partial charge in [-0.3, -0.25) is 9.59 Å². The van der Waals surface area contributed by atoms with Gasteiger partial charge < -0.3 is 9.47 Å². The van der Waals surface area contributed by atoms with E-state index in [1.807, 2.05) is 6.07 Å². The number of hydrogen-bond donors (Lipinski definition) is 0. The van der Waals surface area contributed by atoms with Crippen molar-refractivity contribution in [2.75, 3.05) is 7.11 Å². The monoisotopic (exact) mass is 360 g/mol. The highest BCUT2D eigenvalue weighted by Crippen LogP contribution is 2.33. The molecule has 0 aromatic heterocycles. The van der Waals surface area contributed by atoms with E-state index in [1.54, 1.807) is 63.2 Å². The van der Waals surface area contributed by atoms with E-state index in [2.05, 4.69) is 0 Å². The minimum Gasteiger partial charge on any atom is -0.496 e. The lowest BCUT2D eigenvalue weighted by atomic mass is 9.90. The molecule has 1 atom stereocenters. The SMILES string of the molecule is COc1cccc(Cl)c1C(=O)C(C(=O)OC(C)(C)C)c1ccccc1. The number of ether oxygens (including phenoxy) is 2.